The highest BCUT2D eigenvalue weighted by Crippen LogP contribution is 2.31. The first kappa shape index (κ1) is 22.7. The number of esters is 1. The van der Waals surface area contributed by atoms with Crippen LogP contribution >= 0.6 is 11.8 Å². The summed E-state index contributed by atoms with van der Waals surface area (Å²) >= 11 is 1.32. The third-order valence-electron chi connectivity index (χ3n) is 5.57. The van der Waals surface area contributed by atoms with Crippen molar-refractivity contribution >= 4 is 51.5 Å². The highest BCUT2D eigenvalue weighted by molar-refractivity contribution is 8.18. The summed E-state index contributed by atoms with van der Waals surface area (Å²) in [7, 11) is 1.32. The maximum Gasteiger partial charge on any atom is 0.373 e. The zero-order chi connectivity index (χ0) is 24.5. The number of furan rings is 1. The molecule has 1 saturated heterocycles. The summed E-state index contributed by atoms with van der Waals surface area (Å²) in [5, 5.41) is 4.43. The molecule has 0 aliphatic carbocycles. The van der Waals surface area contributed by atoms with Crippen LogP contribution in [-0.4, -0.2) is 28.7 Å². The lowest BCUT2D eigenvalue weighted by atomic mass is 10.1. The standard InChI is InChI=1S/C27H23N3O4S/c1-16-10-17(2)12-19(11-16)28-27-29-25(31)24(35-27)13-18-14-30(22-7-5-4-6-21(18)22)15-20-8-9-23(34-20)26(32)33-3/h4-14H,15H2,1-3H3,(H,28,29,31)/b24-13-. The number of benzene rings is 2. The van der Waals surface area contributed by atoms with E-state index >= 15 is 0 Å². The molecule has 2 aromatic heterocycles. The Bertz CT molecular complexity index is 1510. The number of hydrogen-bond acceptors (Lipinski definition) is 6. The molecule has 1 aliphatic heterocycles. The van der Waals surface area contributed by atoms with Crippen LogP contribution in [0.25, 0.3) is 17.0 Å². The van der Waals surface area contributed by atoms with Gasteiger partial charge in [0.15, 0.2) is 5.17 Å². The van der Waals surface area contributed by atoms with Crippen LogP contribution in [0.3, 0.4) is 0 Å². The van der Waals surface area contributed by atoms with E-state index in [1.807, 2.05) is 67.1 Å². The molecule has 1 amide bonds. The van der Waals surface area contributed by atoms with Crippen molar-refractivity contribution in [3.05, 3.63) is 93.9 Å². The fraction of sp³-hybridized carbons (Fsp3) is 0.148. The van der Waals surface area contributed by atoms with Gasteiger partial charge in [-0.1, -0.05) is 24.3 Å². The van der Waals surface area contributed by atoms with Gasteiger partial charge in [0.1, 0.15) is 5.76 Å². The number of methoxy groups -OCH3 is 1. The van der Waals surface area contributed by atoms with E-state index in [1.54, 1.807) is 12.1 Å². The summed E-state index contributed by atoms with van der Waals surface area (Å²) in [6.45, 7) is 4.48. The number of carbonyl (C=O) groups excluding carboxylic acids is 2. The number of nitrogens with zero attached hydrogens (tertiary/aromatic N) is 2. The average molecular weight is 486 g/mol. The number of para-hydroxylation sites is 1. The first-order chi connectivity index (χ1) is 16.9. The Morgan fingerprint density at radius 3 is 2.69 bits per heavy atom. The van der Waals surface area contributed by atoms with Crippen LogP contribution in [0.4, 0.5) is 5.69 Å². The van der Waals surface area contributed by atoms with Gasteiger partial charge in [-0.05, 0) is 73.1 Å². The van der Waals surface area contributed by atoms with Gasteiger partial charge < -0.3 is 19.0 Å². The quantitative estimate of drug-likeness (QED) is 0.295. The van der Waals surface area contributed by atoms with Gasteiger partial charge in [0.05, 0.1) is 24.2 Å². The van der Waals surface area contributed by atoms with Crippen LogP contribution in [0.1, 0.15) is 33.0 Å². The molecule has 5 rings (SSSR count). The van der Waals surface area contributed by atoms with Gasteiger partial charge in [-0.2, -0.15) is 0 Å². The van der Waals surface area contributed by atoms with Gasteiger partial charge in [-0.25, -0.2) is 9.79 Å². The van der Waals surface area contributed by atoms with E-state index in [-0.39, 0.29) is 11.7 Å². The van der Waals surface area contributed by atoms with Gasteiger partial charge in [0.2, 0.25) is 5.76 Å². The number of rotatable bonds is 5. The molecule has 0 saturated carbocycles. The zero-order valence-corrected chi connectivity index (χ0v) is 20.3. The molecule has 0 radical (unpaired) electrons. The van der Waals surface area contributed by atoms with Crippen LogP contribution in [0.15, 0.2) is 75.1 Å². The van der Waals surface area contributed by atoms with Gasteiger partial charge >= 0.3 is 5.97 Å². The average Bonchev–Trinajstić information content (AvgIpc) is 3.52. The number of amidine groups is 1. The summed E-state index contributed by atoms with van der Waals surface area (Å²) in [6, 6.07) is 17.4. The van der Waals surface area contributed by atoms with Crippen molar-refractivity contribution in [3.8, 4) is 0 Å². The molecular weight excluding hydrogens is 462 g/mol. The van der Waals surface area contributed by atoms with E-state index in [4.69, 9.17) is 9.15 Å². The van der Waals surface area contributed by atoms with E-state index in [9.17, 15) is 9.59 Å². The Hall–Kier alpha value is -4.04. The summed E-state index contributed by atoms with van der Waals surface area (Å²) in [6.07, 6.45) is 3.86. The SMILES string of the molecule is COC(=O)c1ccc(Cn2cc(/C=C3\SC(=Nc4cc(C)cc(C)c4)NC3=O)c3ccccc32)o1. The molecule has 0 spiro atoms. The fourth-order valence-electron chi connectivity index (χ4n) is 4.12. The molecule has 7 nitrogen and oxygen atoms in total. The third-order valence-corrected chi connectivity index (χ3v) is 6.48. The number of aliphatic imine (C=N–C) groups is 1. The number of fused-ring (bicyclic) bond motifs is 1. The largest absolute Gasteiger partial charge is 0.463 e. The first-order valence-electron chi connectivity index (χ1n) is 11.0. The Kier molecular flexibility index (Phi) is 6.05. The second-order valence-corrected chi connectivity index (χ2v) is 9.35. The van der Waals surface area contributed by atoms with Crippen molar-refractivity contribution in [2.75, 3.05) is 7.11 Å². The third kappa shape index (κ3) is 4.79. The predicted octanol–water partition coefficient (Wildman–Crippen LogP) is 5.58. The Morgan fingerprint density at radius 2 is 1.91 bits per heavy atom. The van der Waals surface area contributed by atoms with Crippen molar-refractivity contribution in [2.24, 2.45) is 4.99 Å². The first-order valence-corrected chi connectivity index (χ1v) is 11.8. The molecule has 2 aromatic carbocycles. The van der Waals surface area contributed by atoms with Crippen molar-refractivity contribution in [2.45, 2.75) is 20.4 Å². The number of hydrogen-bond donors (Lipinski definition) is 1. The topological polar surface area (TPSA) is 85.8 Å². The molecule has 1 N–H and O–H groups in total. The van der Waals surface area contributed by atoms with Crippen LogP contribution < -0.4 is 5.32 Å². The number of aryl methyl sites for hydroxylation is 2. The molecule has 0 atom stereocenters. The molecule has 35 heavy (non-hydrogen) atoms. The van der Waals surface area contributed by atoms with E-state index in [2.05, 4.69) is 16.4 Å². The molecule has 0 unspecified atom stereocenters. The smallest absolute Gasteiger partial charge is 0.373 e. The summed E-state index contributed by atoms with van der Waals surface area (Å²) in [4.78, 5) is 29.6. The highest BCUT2D eigenvalue weighted by Gasteiger charge is 2.24. The minimum Gasteiger partial charge on any atom is -0.463 e. The predicted molar refractivity (Wildman–Crippen MR) is 138 cm³/mol. The van der Waals surface area contributed by atoms with Crippen LogP contribution in [-0.2, 0) is 16.1 Å². The molecule has 3 heterocycles. The summed E-state index contributed by atoms with van der Waals surface area (Å²) in [5.74, 6) is 0.0995. The van der Waals surface area contributed by atoms with Gasteiger partial charge in [0, 0.05) is 22.7 Å². The highest BCUT2D eigenvalue weighted by atomic mass is 32.2. The molecular formula is C27H23N3O4S. The van der Waals surface area contributed by atoms with E-state index in [1.165, 1.54) is 18.9 Å². The Balaban J connectivity index is 1.44. The van der Waals surface area contributed by atoms with Gasteiger partial charge in [-0.15, -0.1) is 0 Å². The lowest BCUT2D eigenvalue weighted by Crippen LogP contribution is -2.19. The van der Waals surface area contributed by atoms with Crippen LogP contribution in [0.2, 0.25) is 0 Å². The lowest BCUT2D eigenvalue weighted by Gasteiger charge is -2.02. The van der Waals surface area contributed by atoms with Crippen LogP contribution in [0.5, 0.6) is 0 Å². The van der Waals surface area contributed by atoms with Crippen molar-refractivity contribution in [3.63, 3.8) is 0 Å². The number of nitrogens with one attached hydrogen (secondary N) is 1. The number of ether oxygens (including phenoxy) is 1. The molecule has 0 bridgehead atoms. The Labute approximate surface area is 206 Å². The summed E-state index contributed by atoms with van der Waals surface area (Å²) in [5.41, 5.74) is 4.96. The molecule has 176 valence electrons. The van der Waals surface area contributed by atoms with Crippen molar-refractivity contribution in [1.29, 1.82) is 0 Å². The van der Waals surface area contributed by atoms with Crippen molar-refractivity contribution < 1.29 is 18.7 Å². The molecule has 1 aliphatic rings. The maximum atomic E-state index is 12.7. The van der Waals surface area contributed by atoms with Gasteiger partial charge in [-0.3, -0.25) is 4.79 Å². The second kappa shape index (κ2) is 9.31. The minimum absolute atomic E-state index is 0.163. The van der Waals surface area contributed by atoms with Crippen LogP contribution in [0, 0.1) is 13.8 Å². The minimum atomic E-state index is -0.512. The number of carbonyl (C=O) groups is 2. The monoisotopic (exact) mass is 485 g/mol. The summed E-state index contributed by atoms with van der Waals surface area (Å²) < 4.78 is 12.4. The van der Waals surface area contributed by atoms with E-state index in [0.29, 0.717) is 22.4 Å². The number of thioether (sulfide) groups is 1. The van der Waals surface area contributed by atoms with E-state index < -0.39 is 5.97 Å². The molecule has 4 aromatic rings. The number of amides is 1. The fourth-order valence-corrected chi connectivity index (χ4v) is 4.95. The maximum absolute atomic E-state index is 12.7. The van der Waals surface area contributed by atoms with E-state index in [0.717, 1.165) is 33.3 Å². The number of aromatic nitrogens is 1. The Morgan fingerprint density at radius 1 is 1.14 bits per heavy atom. The zero-order valence-electron chi connectivity index (χ0n) is 19.5. The molecule has 1 fully saturated rings. The normalized spacial score (nSPS) is 15.8. The molecule has 8 heteroatoms. The second-order valence-electron chi connectivity index (χ2n) is 8.31. The van der Waals surface area contributed by atoms with Crippen molar-refractivity contribution in [1.82, 2.24) is 9.88 Å². The lowest BCUT2D eigenvalue weighted by molar-refractivity contribution is -0.115. The van der Waals surface area contributed by atoms with Gasteiger partial charge in [0.25, 0.3) is 5.91 Å².